The maximum atomic E-state index is 13.6. The molecule has 26 heavy (non-hydrogen) atoms. The number of halogens is 4. The lowest BCUT2D eigenvalue weighted by Gasteiger charge is -2.22. The Morgan fingerprint density at radius 2 is 1.96 bits per heavy atom. The molecule has 0 radical (unpaired) electrons. The van der Waals surface area contributed by atoms with Crippen LogP contribution >= 0.6 is 12.4 Å². The van der Waals surface area contributed by atoms with Gasteiger partial charge in [-0.25, -0.2) is 4.68 Å². The minimum Gasteiger partial charge on any atom is -0.338 e. The second-order valence-corrected chi connectivity index (χ2v) is 6.64. The Balaban J connectivity index is 0.00000243. The van der Waals surface area contributed by atoms with Gasteiger partial charge in [-0.1, -0.05) is 25.1 Å². The molecule has 1 aliphatic rings. The molecule has 0 saturated carbocycles. The summed E-state index contributed by atoms with van der Waals surface area (Å²) in [6.45, 7) is 3.04. The number of carbonyl (C=O) groups excluding carboxylic acids is 1. The van der Waals surface area contributed by atoms with E-state index in [1.54, 1.807) is 18.2 Å². The van der Waals surface area contributed by atoms with Gasteiger partial charge in [0.2, 0.25) is 0 Å². The molecular formula is C17H20ClF3N4O. The van der Waals surface area contributed by atoms with E-state index in [-0.39, 0.29) is 23.5 Å². The number of rotatable bonds is 3. The normalized spacial score (nSPS) is 20.1. The fourth-order valence-corrected chi connectivity index (χ4v) is 3.08. The molecule has 1 amide bonds. The van der Waals surface area contributed by atoms with Gasteiger partial charge in [0.15, 0.2) is 5.69 Å². The van der Waals surface area contributed by atoms with Gasteiger partial charge in [-0.3, -0.25) is 4.79 Å². The highest BCUT2D eigenvalue weighted by molar-refractivity contribution is 5.95. The minimum absolute atomic E-state index is 0. The number of benzene rings is 1. The highest BCUT2D eigenvalue weighted by Crippen LogP contribution is 2.36. The summed E-state index contributed by atoms with van der Waals surface area (Å²) in [5.74, 6) is -0.660. The molecule has 5 nitrogen and oxygen atoms in total. The van der Waals surface area contributed by atoms with E-state index >= 15 is 0 Å². The largest absolute Gasteiger partial charge is 0.434 e. The van der Waals surface area contributed by atoms with Crippen LogP contribution in [0.2, 0.25) is 0 Å². The van der Waals surface area contributed by atoms with Gasteiger partial charge in [0.25, 0.3) is 5.91 Å². The standard InChI is InChI=1S/C17H19F3N4O.ClH/c1-16(10-21)7-8-23(11-16)15(25)13-9-22-24(14(13)17(18,19)20)12-5-3-2-4-6-12;/h2-6,9H,7-8,10-11,21H2,1H3;1H. The minimum atomic E-state index is -4.70. The molecule has 1 aliphatic heterocycles. The average Bonchev–Trinajstić information content (AvgIpc) is 3.19. The number of nitrogens with zero attached hydrogens (tertiary/aromatic N) is 3. The van der Waals surface area contributed by atoms with E-state index in [1.165, 1.54) is 17.0 Å². The third-order valence-corrected chi connectivity index (χ3v) is 4.61. The molecule has 1 fully saturated rings. The monoisotopic (exact) mass is 388 g/mol. The van der Waals surface area contributed by atoms with Gasteiger partial charge in [-0.15, -0.1) is 12.4 Å². The van der Waals surface area contributed by atoms with Crippen LogP contribution in [0.25, 0.3) is 5.69 Å². The molecule has 2 heterocycles. The Hall–Kier alpha value is -2.06. The Bertz CT molecular complexity index is 778. The molecule has 142 valence electrons. The summed E-state index contributed by atoms with van der Waals surface area (Å²) >= 11 is 0. The maximum Gasteiger partial charge on any atom is 0.434 e. The molecule has 0 spiro atoms. The van der Waals surface area contributed by atoms with Crippen LogP contribution in [-0.4, -0.2) is 40.2 Å². The summed E-state index contributed by atoms with van der Waals surface area (Å²) in [6, 6.07) is 7.96. The van der Waals surface area contributed by atoms with E-state index in [9.17, 15) is 18.0 Å². The van der Waals surface area contributed by atoms with E-state index in [4.69, 9.17) is 5.73 Å². The smallest absolute Gasteiger partial charge is 0.338 e. The number of carbonyl (C=O) groups is 1. The van der Waals surface area contributed by atoms with Crippen molar-refractivity contribution in [3.8, 4) is 5.69 Å². The summed E-state index contributed by atoms with van der Waals surface area (Å²) in [5, 5.41) is 3.83. The van der Waals surface area contributed by atoms with Crippen molar-refractivity contribution in [2.75, 3.05) is 19.6 Å². The Kier molecular flexibility index (Phi) is 5.67. The van der Waals surface area contributed by atoms with Crippen molar-refractivity contribution in [2.24, 2.45) is 11.1 Å². The van der Waals surface area contributed by atoms with Crippen LogP contribution in [0.4, 0.5) is 13.2 Å². The van der Waals surface area contributed by atoms with Crippen LogP contribution in [-0.2, 0) is 6.18 Å². The van der Waals surface area contributed by atoms with Gasteiger partial charge >= 0.3 is 6.18 Å². The first kappa shape index (κ1) is 20.3. The molecule has 2 N–H and O–H groups in total. The number of alkyl halides is 3. The molecule has 1 atom stereocenters. The first-order valence-corrected chi connectivity index (χ1v) is 7.95. The van der Waals surface area contributed by atoms with E-state index in [0.29, 0.717) is 26.1 Å². The van der Waals surface area contributed by atoms with Gasteiger partial charge < -0.3 is 10.6 Å². The summed E-state index contributed by atoms with van der Waals surface area (Å²) < 4.78 is 41.7. The van der Waals surface area contributed by atoms with Gasteiger partial charge in [-0.05, 0) is 30.5 Å². The van der Waals surface area contributed by atoms with Crippen LogP contribution < -0.4 is 5.73 Å². The Labute approximate surface area is 155 Å². The molecule has 2 aromatic rings. The molecular weight excluding hydrogens is 369 g/mol. The number of hydrogen-bond acceptors (Lipinski definition) is 3. The van der Waals surface area contributed by atoms with Crippen molar-refractivity contribution in [3.05, 3.63) is 47.8 Å². The number of amides is 1. The molecule has 1 saturated heterocycles. The van der Waals surface area contributed by atoms with Crippen LogP contribution in [0, 0.1) is 5.41 Å². The molecule has 0 bridgehead atoms. The summed E-state index contributed by atoms with van der Waals surface area (Å²) in [6.07, 6.45) is -3.03. The fraction of sp³-hybridized carbons (Fsp3) is 0.412. The second-order valence-electron chi connectivity index (χ2n) is 6.64. The maximum absolute atomic E-state index is 13.6. The van der Waals surface area contributed by atoms with Crippen molar-refractivity contribution < 1.29 is 18.0 Å². The first-order valence-electron chi connectivity index (χ1n) is 7.95. The van der Waals surface area contributed by atoms with Gasteiger partial charge in [0.1, 0.15) is 0 Å². The fourth-order valence-electron chi connectivity index (χ4n) is 3.08. The van der Waals surface area contributed by atoms with Crippen molar-refractivity contribution in [3.63, 3.8) is 0 Å². The van der Waals surface area contributed by atoms with Crippen molar-refractivity contribution in [2.45, 2.75) is 19.5 Å². The number of likely N-dealkylation sites (tertiary alicyclic amines) is 1. The zero-order valence-electron chi connectivity index (χ0n) is 14.2. The highest BCUT2D eigenvalue weighted by atomic mass is 35.5. The lowest BCUT2D eigenvalue weighted by atomic mass is 9.90. The quantitative estimate of drug-likeness (QED) is 0.878. The topological polar surface area (TPSA) is 64.2 Å². The zero-order valence-corrected chi connectivity index (χ0v) is 15.0. The summed E-state index contributed by atoms with van der Waals surface area (Å²) in [5.41, 5.74) is 4.22. The SMILES string of the molecule is CC1(CN)CCN(C(=O)c2cnn(-c3ccccc3)c2C(F)(F)F)C1.Cl. The number of nitrogens with two attached hydrogens (primary N) is 1. The van der Waals surface area contributed by atoms with Crippen molar-refractivity contribution in [1.29, 1.82) is 0 Å². The zero-order chi connectivity index (χ0) is 18.2. The van der Waals surface area contributed by atoms with E-state index in [1.807, 2.05) is 6.92 Å². The van der Waals surface area contributed by atoms with Crippen LogP contribution in [0.3, 0.4) is 0 Å². The van der Waals surface area contributed by atoms with Gasteiger partial charge in [0, 0.05) is 13.1 Å². The molecule has 1 aromatic carbocycles. The number of hydrogen-bond donors (Lipinski definition) is 1. The molecule has 9 heteroatoms. The van der Waals surface area contributed by atoms with Crippen LogP contribution in [0.1, 0.15) is 29.4 Å². The van der Waals surface area contributed by atoms with Crippen LogP contribution in [0.15, 0.2) is 36.5 Å². The first-order chi connectivity index (χ1) is 11.7. The molecule has 0 aliphatic carbocycles. The van der Waals surface area contributed by atoms with E-state index in [2.05, 4.69) is 5.10 Å². The third kappa shape index (κ3) is 3.71. The number of para-hydroxylation sites is 1. The van der Waals surface area contributed by atoms with Crippen LogP contribution in [0.5, 0.6) is 0 Å². The van der Waals surface area contributed by atoms with Gasteiger partial charge in [-0.2, -0.15) is 18.3 Å². The predicted octanol–water partition coefficient (Wildman–Crippen LogP) is 3.12. The van der Waals surface area contributed by atoms with E-state index < -0.39 is 23.3 Å². The second kappa shape index (κ2) is 7.28. The Morgan fingerprint density at radius 1 is 1.31 bits per heavy atom. The molecule has 1 aromatic heterocycles. The van der Waals surface area contributed by atoms with Crippen molar-refractivity contribution in [1.82, 2.24) is 14.7 Å². The lowest BCUT2D eigenvalue weighted by Crippen LogP contribution is -2.35. The van der Waals surface area contributed by atoms with E-state index in [0.717, 1.165) is 10.9 Å². The Morgan fingerprint density at radius 3 is 2.50 bits per heavy atom. The molecule has 3 rings (SSSR count). The van der Waals surface area contributed by atoms with Crippen molar-refractivity contribution >= 4 is 18.3 Å². The number of aromatic nitrogens is 2. The predicted molar refractivity (Wildman–Crippen MR) is 93.5 cm³/mol. The molecule has 1 unspecified atom stereocenters. The average molecular weight is 389 g/mol. The summed E-state index contributed by atoms with van der Waals surface area (Å²) in [4.78, 5) is 14.1. The van der Waals surface area contributed by atoms with Gasteiger partial charge in [0.05, 0.1) is 17.4 Å². The third-order valence-electron chi connectivity index (χ3n) is 4.61. The summed E-state index contributed by atoms with van der Waals surface area (Å²) in [7, 11) is 0. The lowest BCUT2D eigenvalue weighted by molar-refractivity contribution is -0.143. The highest BCUT2D eigenvalue weighted by Gasteiger charge is 2.43.